The number of piperidine rings is 1. The van der Waals surface area contributed by atoms with Crippen molar-refractivity contribution in [2.24, 2.45) is 11.7 Å². The average Bonchev–Trinajstić information content (AvgIpc) is 2.45. The second kappa shape index (κ2) is 6.36. The summed E-state index contributed by atoms with van der Waals surface area (Å²) in [6.45, 7) is 0.864. The lowest BCUT2D eigenvalue weighted by Crippen LogP contribution is -2.43. The highest BCUT2D eigenvalue weighted by molar-refractivity contribution is 5.79. The molecule has 108 valence electrons. The average molecular weight is 280 g/mol. The third kappa shape index (κ3) is 3.69. The zero-order chi connectivity index (χ0) is 14.5. The predicted octanol–water partition coefficient (Wildman–Crippen LogP) is 0.928. The van der Waals surface area contributed by atoms with Crippen LogP contribution in [0.1, 0.15) is 12.8 Å². The second-order valence-electron chi connectivity index (χ2n) is 4.80. The van der Waals surface area contributed by atoms with Gasteiger partial charge >= 0.3 is 0 Å². The number of hydrogen-bond acceptors (Lipinski definition) is 3. The number of carbonyl (C=O) groups is 2. The van der Waals surface area contributed by atoms with Crippen LogP contribution in [-0.2, 0) is 9.59 Å². The third-order valence-electron chi connectivity index (χ3n) is 3.41. The van der Waals surface area contributed by atoms with Crippen molar-refractivity contribution in [1.82, 2.24) is 4.90 Å². The number of nitrogens with two attached hydrogens (primary N) is 1. The Labute approximate surface area is 116 Å². The largest absolute Gasteiger partial charge is 0.484 e. The molecule has 0 atom stereocenters. The summed E-state index contributed by atoms with van der Waals surface area (Å²) < 4.78 is 18.2. The first kappa shape index (κ1) is 14.3. The Morgan fingerprint density at radius 3 is 2.65 bits per heavy atom. The molecule has 5 nitrogen and oxygen atoms in total. The lowest BCUT2D eigenvalue weighted by Gasteiger charge is -2.30. The third-order valence-corrected chi connectivity index (χ3v) is 3.41. The Bertz CT molecular complexity index is 499. The Morgan fingerprint density at radius 1 is 1.35 bits per heavy atom. The summed E-state index contributed by atoms with van der Waals surface area (Å²) in [6, 6.07) is 5.65. The maximum absolute atomic E-state index is 12.9. The van der Waals surface area contributed by atoms with Crippen LogP contribution < -0.4 is 10.5 Å². The highest BCUT2D eigenvalue weighted by Crippen LogP contribution is 2.17. The minimum absolute atomic E-state index is 0.134. The first-order valence-electron chi connectivity index (χ1n) is 6.51. The van der Waals surface area contributed by atoms with Crippen molar-refractivity contribution in [2.75, 3.05) is 19.7 Å². The zero-order valence-electron chi connectivity index (χ0n) is 11.0. The van der Waals surface area contributed by atoms with Crippen molar-refractivity contribution < 1.29 is 18.7 Å². The molecule has 1 heterocycles. The molecule has 6 heteroatoms. The van der Waals surface area contributed by atoms with Crippen LogP contribution in [0, 0.1) is 11.7 Å². The van der Waals surface area contributed by atoms with Crippen molar-refractivity contribution in [1.29, 1.82) is 0 Å². The van der Waals surface area contributed by atoms with Crippen molar-refractivity contribution in [2.45, 2.75) is 12.8 Å². The molecule has 1 aliphatic rings. The van der Waals surface area contributed by atoms with Crippen molar-refractivity contribution >= 4 is 11.8 Å². The number of ether oxygens (including phenoxy) is 1. The highest BCUT2D eigenvalue weighted by atomic mass is 19.1. The van der Waals surface area contributed by atoms with Gasteiger partial charge in [0.1, 0.15) is 11.6 Å². The predicted molar refractivity (Wildman–Crippen MR) is 70.4 cm³/mol. The summed E-state index contributed by atoms with van der Waals surface area (Å²) in [6.07, 6.45) is 1.17. The van der Waals surface area contributed by atoms with Gasteiger partial charge in [-0.2, -0.15) is 0 Å². The molecule has 1 aromatic rings. The van der Waals surface area contributed by atoms with E-state index < -0.39 is 5.82 Å². The maximum atomic E-state index is 12.9. The molecular formula is C14H17FN2O3. The van der Waals surface area contributed by atoms with Gasteiger partial charge in [-0.1, -0.05) is 6.07 Å². The van der Waals surface area contributed by atoms with Gasteiger partial charge < -0.3 is 15.4 Å². The monoisotopic (exact) mass is 280 g/mol. The van der Waals surface area contributed by atoms with E-state index in [1.54, 1.807) is 11.0 Å². The van der Waals surface area contributed by atoms with Crippen LogP contribution >= 0.6 is 0 Å². The van der Waals surface area contributed by atoms with E-state index in [0.717, 1.165) is 0 Å². The molecule has 0 bridgehead atoms. The van der Waals surface area contributed by atoms with E-state index in [9.17, 15) is 14.0 Å². The molecule has 2 N–H and O–H groups in total. The van der Waals surface area contributed by atoms with Crippen molar-refractivity contribution in [3.05, 3.63) is 30.1 Å². The first-order valence-corrected chi connectivity index (χ1v) is 6.51. The lowest BCUT2D eigenvalue weighted by molar-refractivity contribution is -0.136. The normalized spacial score (nSPS) is 15.9. The fourth-order valence-electron chi connectivity index (χ4n) is 2.21. The SMILES string of the molecule is NC(=O)C1CCN(C(=O)COc2cccc(F)c2)CC1. The van der Waals surface area contributed by atoms with Gasteiger partial charge in [-0.15, -0.1) is 0 Å². The van der Waals surface area contributed by atoms with Crippen LogP contribution in [0.2, 0.25) is 0 Å². The Balaban J connectivity index is 1.80. The molecule has 0 unspecified atom stereocenters. The number of likely N-dealkylation sites (tertiary alicyclic amines) is 1. The van der Waals surface area contributed by atoms with E-state index in [1.165, 1.54) is 18.2 Å². The summed E-state index contributed by atoms with van der Waals surface area (Å²) in [7, 11) is 0. The summed E-state index contributed by atoms with van der Waals surface area (Å²) in [4.78, 5) is 24.6. The highest BCUT2D eigenvalue weighted by Gasteiger charge is 2.25. The van der Waals surface area contributed by atoms with Crippen LogP contribution in [0.5, 0.6) is 5.75 Å². The van der Waals surface area contributed by atoms with E-state index in [2.05, 4.69) is 0 Å². The quantitative estimate of drug-likeness (QED) is 0.891. The number of amides is 2. The molecule has 20 heavy (non-hydrogen) atoms. The van der Waals surface area contributed by atoms with Crippen molar-refractivity contribution in [3.63, 3.8) is 0 Å². The Kier molecular flexibility index (Phi) is 4.55. The van der Waals surface area contributed by atoms with Gasteiger partial charge in [-0.25, -0.2) is 4.39 Å². The second-order valence-corrected chi connectivity index (χ2v) is 4.80. The molecule has 0 aromatic heterocycles. The van der Waals surface area contributed by atoms with Crippen LogP contribution in [-0.4, -0.2) is 36.4 Å². The number of primary amides is 1. The summed E-state index contributed by atoms with van der Waals surface area (Å²) >= 11 is 0. The summed E-state index contributed by atoms with van der Waals surface area (Å²) in [5.41, 5.74) is 5.23. The molecule has 0 saturated carbocycles. The molecule has 1 saturated heterocycles. The lowest BCUT2D eigenvalue weighted by atomic mass is 9.96. The molecule has 1 aromatic carbocycles. The van der Waals surface area contributed by atoms with E-state index in [0.29, 0.717) is 31.7 Å². The first-order chi connectivity index (χ1) is 9.56. The number of hydrogen-bond donors (Lipinski definition) is 1. The number of halogens is 1. The topological polar surface area (TPSA) is 72.6 Å². The molecule has 0 radical (unpaired) electrons. The molecular weight excluding hydrogens is 263 g/mol. The Hall–Kier alpha value is -2.11. The van der Waals surface area contributed by atoms with Gasteiger partial charge in [0.05, 0.1) is 0 Å². The number of carbonyl (C=O) groups excluding carboxylic acids is 2. The Morgan fingerprint density at radius 2 is 2.05 bits per heavy atom. The molecule has 1 aliphatic heterocycles. The maximum Gasteiger partial charge on any atom is 0.260 e. The fraction of sp³-hybridized carbons (Fsp3) is 0.429. The van der Waals surface area contributed by atoms with Crippen LogP contribution in [0.4, 0.5) is 4.39 Å². The molecule has 2 rings (SSSR count). The smallest absolute Gasteiger partial charge is 0.260 e. The van der Waals surface area contributed by atoms with E-state index >= 15 is 0 Å². The van der Waals surface area contributed by atoms with E-state index in [4.69, 9.17) is 10.5 Å². The van der Waals surface area contributed by atoms with Gasteiger partial charge in [0, 0.05) is 25.1 Å². The minimum atomic E-state index is -0.405. The van der Waals surface area contributed by atoms with Gasteiger partial charge in [0.2, 0.25) is 5.91 Å². The standard InChI is InChI=1S/C14H17FN2O3/c15-11-2-1-3-12(8-11)20-9-13(18)17-6-4-10(5-7-17)14(16)19/h1-3,8,10H,4-7,9H2,(H2,16,19). The molecule has 1 fully saturated rings. The van der Waals surface area contributed by atoms with Gasteiger partial charge in [-0.3, -0.25) is 9.59 Å². The van der Waals surface area contributed by atoms with E-state index in [1.807, 2.05) is 0 Å². The van der Waals surface area contributed by atoms with Crippen LogP contribution in [0.25, 0.3) is 0 Å². The van der Waals surface area contributed by atoms with Gasteiger partial charge in [-0.05, 0) is 25.0 Å². The van der Waals surface area contributed by atoms with Crippen LogP contribution in [0.3, 0.4) is 0 Å². The van der Waals surface area contributed by atoms with Gasteiger partial charge in [0.25, 0.3) is 5.91 Å². The summed E-state index contributed by atoms with van der Waals surface area (Å²) in [5.74, 6) is -0.712. The zero-order valence-corrected chi connectivity index (χ0v) is 11.0. The van der Waals surface area contributed by atoms with Gasteiger partial charge in [0.15, 0.2) is 6.61 Å². The number of nitrogens with zero attached hydrogens (tertiary/aromatic N) is 1. The van der Waals surface area contributed by atoms with E-state index in [-0.39, 0.29) is 24.3 Å². The minimum Gasteiger partial charge on any atom is -0.484 e. The molecule has 0 spiro atoms. The number of rotatable bonds is 4. The summed E-state index contributed by atoms with van der Waals surface area (Å²) in [5, 5.41) is 0. The molecule has 2 amide bonds. The van der Waals surface area contributed by atoms with Crippen LogP contribution in [0.15, 0.2) is 24.3 Å². The fourth-order valence-corrected chi connectivity index (χ4v) is 2.21. The number of benzene rings is 1. The molecule has 0 aliphatic carbocycles. The van der Waals surface area contributed by atoms with Crippen molar-refractivity contribution in [3.8, 4) is 5.75 Å².